The van der Waals surface area contributed by atoms with Crippen molar-refractivity contribution >= 4 is 29.1 Å². The molecule has 0 amide bonds. The minimum atomic E-state index is -0.419. The van der Waals surface area contributed by atoms with E-state index in [0.29, 0.717) is 11.4 Å². The number of ether oxygens (including phenoxy) is 1. The first-order chi connectivity index (χ1) is 11.2. The number of benzene rings is 1. The Morgan fingerprint density at radius 3 is 2.65 bits per heavy atom. The number of rotatable bonds is 3. The van der Waals surface area contributed by atoms with Crippen LogP contribution in [0.25, 0.3) is 0 Å². The van der Waals surface area contributed by atoms with Gasteiger partial charge in [-0.1, -0.05) is 17.7 Å². The summed E-state index contributed by atoms with van der Waals surface area (Å²) >= 11 is 6.05. The summed E-state index contributed by atoms with van der Waals surface area (Å²) in [6.45, 7) is 3.16. The van der Waals surface area contributed by atoms with Crippen molar-refractivity contribution in [1.82, 2.24) is 9.97 Å². The van der Waals surface area contributed by atoms with Gasteiger partial charge in [0.1, 0.15) is 17.7 Å². The van der Waals surface area contributed by atoms with Gasteiger partial charge >= 0.3 is 5.97 Å². The average molecular weight is 333 g/mol. The summed E-state index contributed by atoms with van der Waals surface area (Å²) < 4.78 is 4.80. The molecule has 2 aromatic rings. The standard InChI is InChI=1S/C16H17ClN4O2/c1-23-16(22)14-10-18-11-19-15(14)21-7-5-20(6-8-21)13-4-2-3-12(17)9-13/h2-4,9-11H,5-8H2,1H3. The summed E-state index contributed by atoms with van der Waals surface area (Å²) in [5.41, 5.74) is 1.50. The number of hydrogen-bond donors (Lipinski definition) is 0. The molecule has 1 aliphatic heterocycles. The van der Waals surface area contributed by atoms with E-state index in [1.165, 1.54) is 19.6 Å². The zero-order valence-electron chi connectivity index (χ0n) is 12.8. The molecule has 0 atom stereocenters. The average Bonchev–Trinajstić information content (AvgIpc) is 2.61. The molecule has 6 nitrogen and oxygen atoms in total. The number of carbonyl (C=O) groups is 1. The Morgan fingerprint density at radius 2 is 1.96 bits per heavy atom. The predicted octanol–water partition coefficient (Wildman–Crippen LogP) is 2.24. The van der Waals surface area contributed by atoms with Crippen molar-refractivity contribution in [2.45, 2.75) is 0 Å². The molecule has 0 saturated carbocycles. The lowest BCUT2D eigenvalue weighted by Crippen LogP contribution is -2.47. The van der Waals surface area contributed by atoms with Crippen LogP contribution in [0.5, 0.6) is 0 Å². The third-order valence-electron chi connectivity index (χ3n) is 3.85. The van der Waals surface area contributed by atoms with E-state index in [-0.39, 0.29) is 0 Å². The highest BCUT2D eigenvalue weighted by atomic mass is 35.5. The Balaban J connectivity index is 1.73. The molecular weight excluding hydrogens is 316 g/mol. The second-order valence-electron chi connectivity index (χ2n) is 5.21. The van der Waals surface area contributed by atoms with Crippen LogP contribution in [0.15, 0.2) is 36.8 Å². The maximum atomic E-state index is 11.8. The quantitative estimate of drug-likeness (QED) is 0.803. The van der Waals surface area contributed by atoms with Gasteiger partial charge in [0, 0.05) is 43.1 Å². The number of hydrogen-bond acceptors (Lipinski definition) is 6. The first-order valence-corrected chi connectivity index (χ1v) is 7.70. The van der Waals surface area contributed by atoms with Crippen molar-refractivity contribution in [2.75, 3.05) is 43.1 Å². The molecule has 1 saturated heterocycles. The highest BCUT2D eigenvalue weighted by Crippen LogP contribution is 2.23. The van der Waals surface area contributed by atoms with Crippen LogP contribution in [-0.2, 0) is 4.74 Å². The van der Waals surface area contributed by atoms with Gasteiger partial charge in [0.25, 0.3) is 0 Å². The van der Waals surface area contributed by atoms with Crippen LogP contribution in [0.1, 0.15) is 10.4 Å². The molecule has 23 heavy (non-hydrogen) atoms. The minimum absolute atomic E-state index is 0.395. The van der Waals surface area contributed by atoms with Gasteiger partial charge in [-0.15, -0.1) is 0 Å². The second-order valence-corrected chi connectivity index (χ2v) is 5.64. The zero-order valence-corrected chi connectivity index (χ0v) is 13.5. The molecule has 0 aliphatic carbocycles. The van der Waals surface area contributed by atoms with Crippen molar-refractivity contribution in [1.29, 1.82) is 0 Å². The first kappa shape index (κ1) is 15.6. The molecule has 1 aromatic heterocycles. The fraction of sp³-hybridized carbons (Fsp3) is 0.312. The fourth-order valence-corrected chi connectivity index (χ4v) is 2.86. The summed E-state index contributed by atoms with van der Waals surface area (Å²) in [4.78, 5) is 24.4. The van der Waals surface area contributed by atoms with Gasteiger partial charge in [-0.3, -0.25) is 0 Å². The summed E-state index contributed by atoms with van der Waals surface area (Å²) in [6.07, 6.45) is 2.95. The van der Waals surface area contributed by atoms with Crippen molar-refractivity contribution < 1.29 is 9.53 Å². The molecule has 1 aliphatic rings. The number of anilines is 2. The Bertz CT molecular complexity index is 702. The number of esters is 1. The number of carbonyl (C=O) groups excluding carboxylic acids is 1. The molecule has 2 heterocycles. The van der Waals surface area contributed by atoms with Crippen molar-refractivity contribution in [2.24, 2.45) is 0 Å². The third kappa shape index (κ3) is 3.37. The van der Waals surface area contributed by atoms with Crippen molar-refractivity contribution in [3.8, 4) is 0 Å². The van der Waals surface area contributed by atoms with E-state index in [9.17, 15) is 4.79 Å². The van der Waals surface area contributed by atoms with E-state index in [1.54, 1.807) is 0 Å². The summed E-state index contributed by atoms with van der Waals surface area (Å²) in [5.74, 6) is 0.204. The van der Waals surface area contributed by atoms with E-state index >= 15 is 0 Å². The lowest BCUT2D eigenvalue weighted by molar-refractivity contribution is 0.0600. The van der Waals surface area contributed by atoms with E-state index in [0.717, 1.165) is 36.9 Å². The predicted molar refractivity (Wildman–Crippen MR) is 89.2 cm³/mol. The summed E-state index contributed by atoms with van der Waals surface area (Å²) in [6, 6.07) is 7.82. The van der Waals surface area contributed by atoms with Crippen LogP contribution in [0.4, 0.5) is 11.5 Å². The molecule has 0 spiro atoms. The highest BCUT2D eigenvalue weighted by Gasteiger charge is 2.23. The Morgan fingerprint density at radius 1 is 1.22 bits per heavy atom. The number of methoxy groups -OCH3 is 1. The molecule has 0 radical (unpaired) electrons. The maximum absolute atomic E-state index is 11.8. The molecule has 0 N–H and O–H groups in total. The Kier molecular flexibility index (Phi) is 4.62. The number of piperazine rings is 1. The minimum Gasteiger partial charge on any atom is -0.465 e. The van der Waals surface area contributed by atoms with Gasteiger partial charge in [-0.25, -0.2) is 14.8 Å². The van der Waals surface area contributed by atoms with Gasteiger partial charge in [0.15, 0.2) is 0 Å². The number of halogens is 1. The van der Waals surface area contributed by atoms with E-state index in [1.807, 2.05) is 24.3 Å². The number of aromatic nitrogens is 2. The lowest BCUT2D eigenvalue weighted by Gasteiger charge is -2.37. The topological polar surface area (TPSA) is 58.6 Å². The third-order valence-corrected chi connectivity index (χ3v) is 4.08. The smallest absolute Gasteiger partial charge is 0.343 e. The molecule has 1 aromatic carbocycles. The largest absolute Gasteiger partial charge is 0.465 e. The fourth-order valence-electron chi connectivity index (χ4n) is 2.68. The monoisotopic (exact) mass is 332 g/mol. The number of nitrogens with zero attached hydrogens (tertiary/aromatic N) is 4. The Labute approximate surface area is 139 Å². The normalized spacial score (nSPS) is 14.7. The van der Waals surface area contributed by atoms with Gasteiger partial charge < -0.3 is 14.5 Å². The molecule has 1 fully saturated rings. The first-order valence-electron chi connectivity index (χ1n) is 7.33. The van der Waals surface area contributed by atoms with Gasteiger partial charge in [-0.2, -0.15) is 0 Å². The summed E-state index contributed by atoms with van der Waals surface area (Å²) in [5, 5.41) is 0.730. The lowest BCUT2D eigenvalue weighted by atomic mass is 10.2. The van der Waals surface area contributed by atoms with Gasteiger partial charge in [-0.05, 0) is 18.2 Å². The van der Waals surface area contributed by atoms with Crippen LogP contribution in [0.3, 0.4) is 0 Å². The SMILES string of the molecule is COC(=O)c1cncnc1N1CCN(c2cccc(Cl)c2)CC1. The van der Waals surface area contributed by atoms with Crippen LogP contribution in [-0.4, -0.2) is 49.2 Å². The second kappa shape index (κ2) is 6.83. The summed E-state index contributed by atoms with van der Waals surface area (Å²) in [7, 11) is 1.36. The molecule has 0 unspecified atom stereocenters. The van der Waals surface area contributed by atoms with Crippen molar-refractivity contribution in [3.63, 3.8) is 0 Å². The van der Waals surface area contributed by atoms with E-state index < -0.39 is 5.97 Å². The zero-order chi connectivity index (χ0) is 16.2. The highest BCUT2D eigenvalue weighted by molar-refractivity contribution is 6.30. The molecular formula is C16H17ClN4O2. The maximum Gasteiger partial charge on any atom is 0.343 e. The van der Waals surface area contributed by atoms with Gasteiger partial charge in [0.2, 0.25) is 0 Å². The van der Waals surface area contributed by atoms with E-state index in [2.05, 4.69) is 19.8 Å². The molecule has 3 rings (SSSR count). The molecule has 0 bridgehead atoms. The van der Waals surface area contributed by atoms with Crippen LogP contribution < -0.4 is 9.80 Å². The van der Waals surface area contributed by atoms with Gasteiger partial charge in [0.05, 0.1) is 7.11 Å². The van der Waals surface area contributed by atoms with Crippen LogP contribution in [0, 0.1) is 0 Å². The molecule has 7 heteroatoms. The van der Waals surface area contributed by atoms with E-state index in [4.69, 9.17) is 16.3 Å². The Hall–Kier alpha value is -2.34. The molecule has 120 valence electrons. The van der Waals surface area contributed by atoms with Crippen LogP contribution >= 0.6 is 11.6 Å². The van der Waals surface area contributed by atoms with Crippen molar-refractivity contribution in [3.05, 3.63) is 47.4 Å². The van der Waals surface area contributed by atoms with Crippen LogP contribution in [0.2, 0.25) is 5.02 Å².